The molecule has 1 radical (unpaired) electrons. The summed E-state index contributed by atoms with van der Waals surface area (Å²) in [6.07, 6.45) is 2.60. The van der Waals surface area contributed by atoms with Gasteiger partial charge in [0.2, 0.25) is 0 Å². The van der Waals surface area contributed by atoms with Crippen LogP contribution in [0.15, 0.2) is 42.5 Å². The summed E-state index contributed by atoms with van der Waals surface area (Å²) in [5, 5.41) is 4.31. The van der Waals surface area contributed by atoms with Crippen LogP contribution in [0.1, 0.15) is 19.8 Å². The number of hydrogen-bond acceptors (Lipinski definition) is 0. The molecule has 0 spiro atoms. The monoisotopic (exact) mass is 291 g/mol. The van der Waals surface area contributed by atoms with Crippen molar-refractivity contribution in [3.8, 4) is 0 Å². The minimum absolute atomic E-state index is 0.542. The van der Waals surface area contributed by atoms with E-state index in [1.165, 1.54) is 34.8 Å². The van der Waals surface area contributed by atoms with Crippen LogP contribution >= 0.6 is 15.3 Å². The summed E-state index contributed by atoms with van der Waals surface area (Å²) in [6, 6.07) is 16.6. The summed E-state index contributed by atoms with van der Waals surface area (Å²) in [4.78, 5) is 0. The second-order valence-corrected chi connectivity index (χ2v) is 8.76. The Morgan fingerprint density at radius 2 is 1.81 bits per heavy atom. The normalized spacial score (nSPS) is 11.2. The summed E-state index contributed by atoms with van der Waals surface area (Å²) < 4.78 is 0. The number of unbranched alkanes of at least 4 members (excludes halogenated alkanes) is 1. The molecule has 2 heteroatoms. The fraction of sp³-hybridized carbons (Fsp3) is 0.286. The number of benzene rings is 2. The van der Waals surface area contributed by atoms with Gasteiger partial charge in [0.15, 0.2) is 7.42 Å². The molecule has 0 unspecified atom stereocenters. The predicted octanol–water partition coefficient (Wildman–Crippen LogP) is 4.23. The zero-order valence-corrected chi connectivity index (χ0v) is 12.1. The van der Waals surface area contributed by atoms with E-state index < -0.39 is 7.42 Å². The number of hydrogen-bond donors (Lipinski definition) is 0. The molecule has 0 saturated heterocycles. The Morgan fingerprint density at radius 3 is 2.62 bits per heavy atom. The summed E-state index contributed by atoms with van der Waals surface area (Å²) in [6.45, 7) is 2.26. The van der Waals surface area contributed by atoms with Gasteiger partial charge in [0, 0.05) is 0 Å². The molecular weight excluding hydrogens is 276 g/mol. The molecule has 2 rings (SSSR count). The first kappa shape index (κ1) is 11.9. The van der Waals surface area contributed by atoms with E-state index in [1.54, 1.807) is 0 Å². The molecule has 0 saturated carbocycles. The molecule has 0 aliphatic heterocycles. The molecule has 2 aromatic carbocycles. The molecule has 0 aliphatic rings. The molecule has 0 aliphatic carbocycles. The number of fused-ring (bicyclic) bond motifs is 1. The Hall–Kier alpha value is -0.603. The van der Waals surface area contributed by atoms with E-state index in [4.69, 9.17) is 0 Å². The van der Waals surface area contributed by atoms with Gasteiger partial charge in [0.25, 0.3) is 0 Å². The Morgan fingerprint density at radius 1 is 1.06 bits per heavy atom. The Bertz CT molecular complexity index is 462. The van der Waals surface area contributed by atoms with Gasteiger partial charge in [-0.05, 0) is 22.0 Å². The summed E-state index contributed by atoms with van der Waals surface area (Å²) in [5.74, 6) is 0. The van der Waals surface area contributed by atoms with Gasteiger partial charge < -0.3 is 0 Å². The molecule has 0 heterocycles. The fourth-order valence-electron chi connectivity index (χ4n) is 1.93. The Labute approximate surface area is 107 Å². The van der Waals surface area contributed by atoms with Crippen molar-refractivity contribution in [3.63, 3.8) is 0 Å². The highest BCUT2D eigenvalue weighted by Crippen LogP contribution is 2.16. The van der Waals surface area contributed by atoms with Gasteiger partial charge in [-0.15, -0.1) is 15.3 Å². The largest absolute Gasteiger partial charge is 0.170 e. The third-order valence-electron chi connectivity index (χ3n) is 2.83. The minimum Gasteiger partial charge on any atom is -0.122 e. The van der Waals surface area contributed by atoms with Crippen LogP contribution in [0, 0.1) is 0 Å². The maximum atomic E-state index is 3.91. The Balaban J connectivity index is 2.36. The average Bonchev–Trinajstić information content (AvgIpc) is 2.35. The van der Waals surface area contributed by atoms with E-state index in [2.05, 4.69) is 64.7 Å². The van der Waals surface area contributed by atoms with Crippen molar-refractivity contribution in [2.75, 3.05) is 0 Å². The van der Waals surface area contributed by atoms with E-state index in [0.717, 1.165) is 0 Å². The van der Waals surface area contributed by atoms with E-state index in [0.29, 0.717) is 0 Å². The molecule has 0 atom stereocenters. The highest BCUT2D eigenvalue weighted by Gasteiger charge is 2.12. The van der Waals surface area contributed by atoms with Crippen molar-refractivity contribution in [2.24, 2.45) is 0 Å². The van der Waals surface area contributed by atoms with Crippen molar-refractivity contribution in [3.05, 3.63) is 42.5 Å². The minimum atomic E-state index is -0.542. The summed E-state index contributed by atoms with van der Waals surface area (Å²) >= 11 is 3.91. The first-order valence-electron chi connectivity index (χ1n) is 5.82. The topological polar surface area (TPSA) is 0 Å². The van der Waals surface area contributed by atoms with Crippen LogP contribution in [-0.2, 0) is 0 Å². The maximum absolute atomic E-state index is 3.91. The highest BCUT2D eigenvalue weighted by molar-refractivity contribution is 9.25. The van der Waals surface area contributed by atoms with Crippen molar-refractivity contribution in [2.45, 2.75) is 25.8 Å². The van der Waals surface area contributed by atoms with Crippen LogP contribution in [0.5, 0.6) is 0 Å². The van der Waals surface area contributed by atoms with Gasteiger partial charge >= 0.3 is 0 Å². The molecule has 0 fully saturated rings. The first-order valence-corrected chi connectivity index (χ1v) is 9.79. The van der Waals surface area contributed by atoms with Crippen LogP contribution < -0.4 is 5.19 Å². The molecule has 0 amide bonds. The van der Waals surface area contributed by atoms with E-state index in [1.807, 2.05) is 0 Å². The SMILES string of the molecule is CCCC[Si](Br)c1cccc2ccccc12. The van der Waals surface area contributed by atoms with E-state index >= 15 is 0 Å². The van der Waals surface area contributed by atoms with Gasteiger partial charge in [-0.2, -0.15) is 0 Å². The van der Waals surface area contributed by atoms with E-state index in [9.17, 15) is 0 Å². The fourth-order valence-corrected chi connectivity index (χ4v) is 5.54. The van der Waals surface area contributed by atoms with Crippen molar-refractivity contribution >= 4 is 38.7 Å². The molecule has 0 nitrogen and oxygen atoms in total. The molecule has 2 aromatic rings. The molecule has 0 N–H and O–H groups in total. The number of rotatable bonds is 4. The lowest BCUT2D eigenvalue weighted by atomic mass is 10.1. The third-order valence-corrected chi connectivity index (χ3v) is 7.12. The standard InChI is InChI=1S/C14H16BrSi/c1-2-3-11-16(15)14-10-6-8-12-7-4-5-9-13(12)14/h4-10H,2-3,11H2,1H3. The lowest BCUT2D eigenvalue weighted by Gasteiger charge is -2.10. The first-order chi connectivity index (χ1) is 7.83. The van der Waals surface area contributed by atoms with E-state index in [-0.39, 0.29) is 0 Å². The molecule has 16 heavy (non-hydrogen) atoms. The highest BCUT2D eigenvalue weighted by atomic mass is 79.9. The molecule has 0 aromatic heterocycles. The average molecular weight is 292 g/mol. The molecule has 0 bridgehead atoms. The number of halogens is 1. The van der Waals surface area contributed by atoms with Gasteiger partial charge in [-0.25, -0.2) is 0 Å². The van der Waals surface area contributed by atoms with Crippen molar-refractivity contribution in [1.82, 2.24) is 0 Å². The van der Waals surface area contributed by atoms with Crippen LogP contribution in [-0.4, -0.2) is 7.42 Å². The summed E-state index contributed by atoms with van der Waals surface area (Å²) in [7, 11) is -0.542. The zero-order valence-electron chi connectivity index (χ0n) is 9.54. The Kier molecular flexibility index (Phi) is 4.19. The molecular formula is C14H16BrSi. The van der Waals surface area contributed by atoms with Crippen LogP contribution in [0.2, 0.25) is 6.04 Å². The van der Waals surface area contributed by atoms with Gasteiger partial charge in [0.1, 0.15) is 0 Å². The summed E-state index contributed by atoms with van der Waals surface area (Å²) in [5.41, 5.74) is 0. The van der Waals surface area contributed by atoms with Crippen molar-refractivity contribution < 1.29 is 0 Å². The van der Waals surface area contributed by atoms with Crippen molar-refractivity contribution in [1.29, 1.82) is 0 Å². The van der Waals surface area contributed by atoms with Gasteiger partial charge in [-0.3, -0.25) is 0 Å². The van der Waals surface area contributed by atoms with Crippen LogP contribution in [0.4, 0.5) is 0 Å². The predicted molar refractivity (Wildman–Crippen MR) is 78.0 cm³/mol. The third kappa shape index (κ3) is 2.55. The smallest absolute Gasteiger partial charge is 0.122 e. The molecule has 83 valence electrons. The van der Waals surface area contributed by atoms with Gasteiger partial charge in [-0.1, -0.05) is 62.2 Å². The van der Waals surface area contributed by atoms with Crippen LogP contribution in [0.3, 0.4) is 0 Å². The van der Waals surface area contributed by atoms with Gasteiger partial charge in [0.05, 0.1) is 0 Å². The van der Waals surface area contributed by atoms with Crippen LogP contribution in [0.25, 0.3) is 10.8 Å². The zero-order chi connectivity index (χ0) is 11.4. The lowest BCUT2D eigenvalue weighted by molar-refractivity contribution is 0.880. The maximum Gasteiger partial charge on any atom is 0.170 e. The second kappa shape index (κ2) is 5.64. The quantitative estimate of drug-likeness (QED) is 0.584. The second-order valence-electron chi connectivity index (χ2n) is 4.04. The lowest BCUT2D eigenvalue weighted by Crippen LogP contribution is -2.23.